The van der Waals surface area contributed by atoms with Gasteiger partial charge in [-0.05, 0) is 12.5 Å². The summed E-state index contributed by atoms with van der Waals surface area (Å²) >= 11 is 0. The van der Waals surface area contributed by atoms with Crippen LogP contribution >= 0.6 is 7.60 Å². The number of nitrogens with one attached hydrogen (secondary N) is 1. The Morgan fingerprint density at radius 3 is 2.74 bits per heavy atom. The zero-order valence-electron chi connectivity index (χ0n) is 10.2. The second-order valence-electron chi connectivity index (χ2n) is 3.80. The molecule has 3 N–H and O–H groups in total. The Morgan fingerprint density at radius 2 is 2.21 bits per heavy atom. The molecule has 0 bridgehead atoms. The molecule has 0 amide bonds. The molecule has 1 atom stereocenters. The van der Waals surface area contributed by atoms with Gasteiger partial charge in [-0.3, -0.25) is 14.3 Å². The predicted octanol–water partition coefficient (Wildman–Crippen LogP) is -0.367. The van der Waals surface area contributed by atoms with Crippen molar-refractivity contribution in [3.8, 4) is 0 Å². The average Bonchev–Trinajstić information content (AvgIpc) is 2.30. The van der Waals surface area contributed by atoms with Gasteiger partial charge in [0, 0.05) is 31.7 Å². The van der Waals surface area contributed by atoms with E-state index in [4.69, 9.17) is 14.5 Å². The van der Waals surface area contributed by atoms with Crippen LogP contribution in [0.5, 0.6) is 0 Å². The second kappa shape index (κ2) is 6.63. The summed E-state index contributed by atoms with van der Waals surface area (Å²) in [6.45, 7) is 0.250. The summed E-state index contributed by atoms with van der Waals surface area (Å²) < 4.78 is 17.0. The first-order valence-corrected chi connectivity index (χ1v) is 7.07. The van der Waals surface area contributed by atoms with Crippen LogP contribution in [-0.4, -0.2) is 32.6 Å². The van der Waals surface area contributed by atoms with Crippen molar-refractivity contribution in [3.05, 3.63) is 45.0 Å². The van der Waals surface area contributed by atoms with Gasteiger partial charge < -0.3 is 19.1 Å². The van der Waals surface area contributed by atoms with Crippen LogP contribution in [0.4, 0.5) is 0 Å². The molecule has 1 aromatic rings. The highest BCUT2D eigenvalue weighted by Gasteiger charge is 2.10. The predicted molar refractivity (Wildman–Crippen MR) is 67.9 cm³/mol. The standard InChI is InChI=1S/C10H15N2O6P/c1-18-8(4-7-19(15,16)17)2-5-12-6-3-9(13)11-10(12)14/h3-4,6-8H,2,5H2,1H3,(H,11,13,14)(H2,15,16,17)/b7-4+/t8-/m0/s1. The van der Waals surface area contributed by atoms with Gasteiger partial charge in [0.1, 0.15) is 0 Å². The summed E-state index contributed by atoms with van der Waals surface area (Å²) in [4.78, 5) is 41.7. The van der Waals surface area contributed by atoms with E-state index in [-0.39, 0.29) is 6.54 Å². The summed E-state index contributed by atoms with van der Waals surface area (Å²) in [6.07, 6.45) is 2.39. The Morgan fingerprint density at radius 1 is 1.53 bits per heavy atom. The van der Waals surface area contributed by atoms with E-state index in [1.165, 1.54) is 30.0 Å². The van der Waals surface area contributed by atoms with Crippen LogP contribution in [-0.2, 0) is 15.8 Å². The molecular formula is C10H15N2O6P. The molecule has 9 heteroatoms. The number of hydrogen-bond donors (Lipinski definition) is 3. The maximum atomic E-state index is 11.4. The first kappa shape index (κ1) is 15.6. The lowest BCUT2D eigenvalue weighted by Gasteiger charge is -2.11. The number of H-pyrrole nitrogens is 1. The minimum Gasteiger partial charge on any atom is -0.377 e. The topological polar surface area (TPSA) is 122 Å². The first-order valence-electron chi connectivity index (χ1n) is 5.39. The molecule has 0 aliphatic carbocycles. The molecule has 8 nitrogen and oxygen atoms in total. The van der Waals surface area contributed by atoms with Gasteiger partial charge in [0.05, 0.1) is 6.10 Å². The summed E-state index contributed by atoms with van der Waals surface area (Å²) in [5.41, 5.74) is -1.02. The van der Waals surface area contributed by atoms with Crippen LogP contribution in [0.25, 0.3) is 0 Å². The van der Waals surface area contributed by atoms with E-state index in [0.29, 0.717) is 6.42 Å². The summed E-state index contributed by atoms with van der Waals surface area (Å²) in [7, 11) is -2.83. The average molecular weight is 290 g/mol. The molecule has 0 aliphatic heterocycles. The normalized spacial score (nSPS) is 13.8. The lowest BCUT2D eigenvalue weighted by Crippen LogP contribution is -2.29. The largest absolute Gasteiger partial charge is 0.377 e. The highest BCUT2D eigenvalue weighted by molar-refractivity contribution is 7.55. The van der Waals surface area contributed by atoms with Gasteiger partial charge >= 0.3 is 13.3 Å². The van der Waals surface area contributed by atoms with Gasteiger partial charge in [-0.1, -0.05) is 0 Å². The zero-order chi connectivity index (χ0) is 14.5. The Kier molecular flexibility index (Phi) is 5.44. The first-order chi connectivity index (χ1) is 8.81. The summed E-state index contributed by atoms with van der Waals surface area (Å²) in [6, 6.07) is 1.22. The number of aromatic nitrogens is 2. The van der Waals surface area contributed by atoms with Crippen molar-refractivity contribution in [2.45, 2.75) is 19.1 Å². The fraction of sp³-hybridized carbons (Fsp3) is 0.400. The van der Waals surface area contributed by atoms with Crippen molar-refractivity contribution < 1.29 is 19.1 Å². The van der Waals surface area contributed by atoms with Crippen LogP contribution in [0.3, 0.4) is 0 Å². The van der Waals surface area contributed by atoms with Crippen molar-refractivity contribution >= 4 is 7.60 Å². The lowest BCUT2D eigenvalue weighted by atomic mass is 10.2. The van der Waals surface area contributed by atoms with E-state index < -0.39 is 24.9 Å². The molecule has 0 aliphatic rings. The van der Waals surface area contributed by atoms with Gasteiger partial charge in [0.2, 0.25) is 0 Å². The molecule has 1 rings (SSSR count). The number of aromatic amines is 1. The molecule has 0 aromatic carbocycles. The molecule has 1 aromatic heterocycles. The second-order valence-corrected chi connectivity index (χ2v) is 5.27. The van der Waals surface area contributed by atoms with Crippen molar-refractivity contribution in [2.75, 3.05) is 7.11 Å². The lowest BCUT2D eigenvalue weighted by molar-refractivity contribution is 0.129. The van der Waals surface area contributed by atoms with Crippen molar-refractivity contribution in [1.82, 2.24) is 9.55 Å². The molecule has 0 spiro atoms. The Labute approximate surface area is 108 Å². The van der Waals surface area contributed by atoms with Crippen molar-refractivity contribution in [3.63, 3.8) is 0 Å². The number of methoxy groups -OCH3 is 1. The molecule has 0 radical (unpaired) electrons. The van der Waals surface area contributed by atoms with E-state index in [2.05, 4.69) is 4.98 Å². The number of aryl methyl sites for hydroxylation is 1. The number of ether oxygens (including phenoxy) is 1. The van der Waals surface area contributed by atoms with Crippen LogP contribution in [0.2, 0.25) is 0 Å². The number of nitrogens with zero attached hydrogens (tertiary/aromatic N) is 1. The minimum absolute atomic E-state index is 0.250. The van der Waals surface area contributed by atoms with E-state index >= 15 is 0 Å². The van der Waals surface area contributed by atoms with Crippen LogP contribution in [0, 0.1) is 0 Å². The van der Waals surface area contributed by atoms with Gasteiger partial charge in [-0.25, -0.2) is 4.79 Å². The van der Waals surface area contributed by atoms with Gasteiger partial charge in [0.15, 0.2) is 0 Å². The van der Waals surface area contributed by atoms with Gasteiger partial charge in [-0.2, -0.15) is 0 Å². The monoisotopic (exact) mass is 290 g/mol. The maximum Gasteiger partial charge on any atom is 0.348 e. The van der Waals surface area contributed by atoms with Crippen LogP contribution in [0.1, 0.15) is 6.42 Å². The summed E-state index contributed by atoms with van der Waals surface area (Å²) in [5, 5.41) is 0. The summed E-state index contributed by atoms with van der Waals surface area (Å²) in [5.74, 6) is 0.761. The van der Waals surface area contributed by atoms with Gasteiger partial charge in [-0.15, -0.1) is 0 Å². The van der Waals surface area contributed by atoms with Crippen LogP contribution < -0.4 is 11.2 Å². The highest BCUT2D eigenvalue weighted by atomic mass is 31.2. The SMILES string of the molecule is CO[C@H](/C=C/P(=O)(O)O)CCn1ccc(=O)[nH]c1=O. The minimum atomic E-state index is -4.22. The molecule has 19 heavy (non-hydrogen) atoms. The molecule has 1 heterocycles. The number of hydrogen-bond acceptors (Lipinski definition) is 4. The quantitative estimate of drug-likeness (QED) is 0.615. The molecule has 106 valence electrons. The van der Waals surface area contributed by atoms with Crippen molar-refractivity contribution in [1.29, 1.82) is 0 Å². The molecule has 0 saturated heterocycles. The van der Waals surface area contributed by atoms with Crippen molar-refractivity contribution in [2.24, 2.45) is 0 Å². The third kappa shape index (κ3) is 5.80. The molecule has 0 saturated carbocycles. The van der Waals surface area contributed by atoms with E-state index in [0.717, 1.165) is 5.82 Å². The Balaban J connectivity index is 2.68. The Bertz CT molecular complexity index is 599. The third-order valence-corrected chi connectivity index (χ3v) is 2.91. The maximum absolute atomic E-state index is 11.4. The molecule has 0 fully saturated rings. The fourth-order valence-electron chi connectivity index (χ4n) is 1.39. The highest BCUT2D eigenvalue weighted by Crippen LogP contribution is 2.36. The van der Waals surface area contributed by atoms with E-state index in [1.54, 1.807) is 0 Å². The molecule has 0 unspecified atom stereocenters. The molecular weight excluding hydrogens is 275 g/mol. The third-order valence-electron chi connectivity index (χ3n) is 2.35. The fourth-order valence-corrected chi connectivity index (χ4v) is 1.80. The van der Waals surface area contributed by atoms with E-state index in [1.807, 2.05) is 0 Å². The van der Waals surface area contributed by atoms with Crippen LogP contribution in [0.15, 0.2) is 33.7 Å². The smallest absolute Gasteiger partial charge is 0.348 e. The Hall–Kier alpha value is -1.47. The van der Waals surface area contributed by atoms with E-state index in [9.17, 15) is 14.2 Å². The number of rotatable bonds is 6. The van der Waals surface area contributed by atoms with Gasteiger partial charge in [0.25, 0.3) is 5.56 Å². The zero-order valence-corrected chi connectivity index (χ0v) is 11.1.